The number of hydrogen-bond donors (Lipinski definition) is 3. The third-order valence-electron chi connectivity index (χ3n) is 1.59. The van der Waals surface area contributed by atoms with Gasteiger partial charge < -0.3 is 15.3 Å². The molecule has 0 heterocycles. The number of carbonyl (C=O) groups is 1. The molecular formula is C8H6BrFO4. The van der Waals surface area contributed by atoms with Gasteiger partial charge in [-0.3, -0.25) is 0 Å². The standard InChI is InChI=1S/C8H6BrFO4/c9-4-1-3(6(11)8(13)14)2-5(10)7(4)12/h1-2,6,11-12H,(H,13,14). The second-order valence-corrected chi connectivity index (χ2v) is 3.43. The summed E-state index contributed by atoms with van der Waals surface area (Å²) in [5.74, 6) is -3.09. The molecule has 0 saturated carbocycles. The van der Waals surface area contributed by atoms with E-state index in [0.717, 1.165) is 12.1 Å². The normalized spacial score (nSPS) is 12.5. The largest absolute Gasteiger partial charge is 0.504 e. The maximum absolute atomic E-state index is 12.9. The van der Waals surface area contributed by atoms with Crippen molar-refractivity contribution in [3.8, 4) is 5.75 Å². The van der Waals surface area contributed by atoms with Crippen molar-refractivity contribution in [2.45, 2.75) is 6.10 Å². The third kappa shape index (κ3) is 2.02. The van der Waals surface area contributed by atoms with Crippen LogP contribution in [0.4, 0.5) is 4.39 Å². The van der Waals surface area contributed by atoms with Gasteiger partial charge in [-0.2, -0.15) is 0 Å². The molecule has 1 unspecified atom stereocenters. The summed E-state index contributed by atoms with van der Waals surface area (Å²) in [6.07, 6.45) is -1.80. The Labute approximate surface area is 86.7 Å². The minimum absolute atomic E-state index is 0.00667. The Morgan fingerprint density at radius 1 is 1.50 bits per heavy atom. The van der Waals surface area contributed by atoms with Gasteiger partial charge in [0.2, 0.25) is 0 Å². The Morgan fingerprint density at radius 2 is 2.07 bits per heavy atom. The van der Waals surface area contributed by atoms with Gasteiger partial charge in [0.15, 0.2) is 17.7 Å². The van der Waals surface area contributed by atoms with E-state index in [1.54, 1.807) is 0 Å². The lowest BCUT2D eigenvalue weighted by atomic mass is 10.1. The molecule has 0 aromatic heterocycles. The molecule has 4 nitrogen and oxygen atoms in total. The minimum Gasteiger partial charge on any atom is -0.504 e. The maximum Gasteiger partial charge on any atom is 0.337 e. The molecule has 1 aromatic rings. The van der Waals surface area contributed by atoms with E-state index in [0.29, 0.717) is 0 Å². The zero-order chi connectivity index (χ0) is 10.9. The van der Waals surface area contributed by atoms with Gasteiger partial charge in [0.1, 0.15) is 0 Å². The molecule has 1 atom stereocenters. The predicted molar refractivity (Wildman–Crippen MR) is 48.4 cm³/mol. The Balaban J connectivity index is 3.19. The molecule has 1 rings (SSSR count). The summed E-state index contributed by atoms with van der Waals surface area (Å²) in [6, 6.07) is 1.90. The van der Waals surface area contributed by atoms with Gasteiger partial charge in [0.25, 0.3) is 0 Å². The Hall–Kier alpha value is -1.14. The van der Waals surface area contributed by atoms with Crippen LogP contribution in [-0.4, -0.2) is 21.3 Å². The predicted octanol–water partition coefficient (Wildman–Crippen LogP) is 1.41. The highest BCUT2D eigenvalue weighted by Crippen LogP contribution is 2.30. The summed E-state index contributed by atoms with van der Waals surface area (Å²) >= 11 is 2.82. The van der Waals surface area contributed by atoms with Crippen molar-refractivity contribution in [1.82, 2.24) is 0 Å². The molecule has 0 bridgehead atoms. The molecule has 0 aliphatic carbocycles. The number of benzene rings is 1. The van der Waals surface area contributed by atoms with Gasteiger partial charge in [-0.05, 0) is 33.6 Å². The minimum atomic E-state index is -1.80. The van der Waals surface area contributed by atoms with Crippen molar-refractivity contribution < 1.29 is 24.5 Å². The molecule has 0 aliphatic heterocycles. The lowest BCUT2D eigenvalue weighted by Gasteiger charge is -2.07. The quantitative estimate of drug-likeness (QED) is 0.755. The van der Waals surface area contributed by atoms with Gasteiger partial charge in [-0.1, -0.05) is 0 Å². The van der Waals surface area contributed by atoms with Crippen LogP contribution in [0.2, 0.25) is 0 Å². The van der Waals surface area contributed by atoms with Crippen LogP contribution in [0.1, 0.15) is 11.7 Å². The van der Waals surface area contributed by atoms with Crippen LogP contribution in [0.3, 0.4) is 0 Å². The first kappa shape index (κ1) is 10.9. The van der Waals surface area contributed by atoms with E-state index in [9.17, 15) is 9.18 Å². The molecule has 0 amide bonds. The molecule has 0 spiro atoms. The number of aromatic hydroxyl groups is 1. The summed E-state index contributed by atoms with van der Waals surface area (Å²) in [4.78, 5) is 10.4. The van der Waals surface area contributed by atoms with Crippen molar-refractivity contribution in [3.63, 3.8) is 0 Å². The molecule has 3 N–H and O–H groups in total. The number of aliphatic hydroxyl groups is 1. The summed E-state index contributed by atoms with van der Waals surface area (Å²) in [6.45, 7) is 0. The topological polar surface area (TPSA) is 77.8 Å². The highest BCUT2D eigenvalue weighted by Gasteiger charge is 2.19. The number of aliphatic carboxylic acids is 1. The number of phenols is 1. The Kier molecular flexibility index (Phi) is 3.07. The van der Waals surface area contributed by atoms with E-state index >= 15 is 0 Å². The average Bonchev–Trinajstić information content (AvgIpc) is 2.12. The number of phenolic OH excluding ortho intramolecular Hbond substituents is 1. The molecule has 0 saturated heterocycles. The van der Waals surface area contributed by atoms with Crippen molar-refractivity contribution in [2.24, 2.45) is 0 Å². The van der Waals surface area contributed by atoms with Crippen molar-refractivity contribution in [2.75, 3.05) is 0 Å². The van der Waals surface area contributed by atoms with Crippen LogP contribution in [0.5, 0.6) is 5.75 Å². The van der Waals surface area contributed by atoms with Gasteiger partial charge in [-0.25, -0.2) is 9.18 Å². The van der Waals surface area contributed by atoms with E-state index < -0.39 is 23.6 Å². The van der Waals surface area contributed by atoms with E-state index in [1.165, 1.54) is 0 Å². The van der Waals surface area contributed by atoms with Crippen molar-refractivity contribution in [1.29, 1.82) is 0 Å². The summed E-state index contributed by atoms with van der Waals surface area (Å²) < 4.78 is 12.9. The molecule has 1 aromatic carbocycles. The molecule has 0 fully saturated rings. The number of hydrogen-bond acceptors (Lipinski definition) is 3. The number of rotatable bonds is 2. The highest BCUT2D eigenvalue weighted by atomic mass is 79.9. The fourth-order valence-electron chi connectivity index (χ4n) is 0.886. The third-order valence-corrected chi connectivity index (χ3v) is 2.19. The lowest BCUT2D eigenvalue weighted by molar-refractivity contribution is -0.146. The number of aliphatic hydroxyl groups excluding tert-OH is 1. The van der Waals surface area contributed by atoms with Gasteiger partial charge in [0, 0.05) is 0 Å². The Bertz CT molecular complexity index is 357. The SMILES string of the molecule is O=C(O)C(O)c1cc(F)c(O)c(Br)c1. The van der Waals surface area contributed by atoms with E-state index in [1.807, 2.05) is 0 Å². The number of carboxylic acid groups (broad SMARTS) is 1. The molecule has 0 aliphatic rings. The zero-order valence-electron chi connectivity index (χ0n) is 6.74. The van der Waals surface area contributed by atoms with E-state index in [2.05, 4.69) is 15.9 Å². The highest BCUT2D eigenvalue weighted by molar-refractivity contribution is 9.10. The van der Waals surface area contributed by atoms with E-state index in [4.69, 9.17) is 15.3 Å². The van der Waals surface area contributed by atoms with Crippen LogP contribution in [-0.2, 0) is 4.79 Å². The second-order valence-electron chi connectivity index (χ2n) is 2.57. The van der Waals surface area contributed by atoms with Gasteiger partial charge in [0.05, 0.1) is 4.47 Å². The zero-order valence-corrected chi connectivity index (χ0v) is 8.32. The Morgan fingerprint density at radius 3 is 2.50 bits per heavy atom. The molecule has 0 radical (unpaired) electrons. The van der Waals surface area contributed by atoms with Gasteiger partial charge >= 0.3 is 5.97 Å². The van der Waals surface area contributed by atoms with Crippen LogP contribution in [0.25, 0.3) is 0 Å². The molecule has 14 heavy (non-hydrogen) atoms. The second kappa shape index (κ2) is 3.93. The smallest absolute Gasteiger partial charge is 0.337 e. The summed E-state index contributed by atoms with van der Waals surface area (Å²) in [5, 5.41) is 26.5. The lowest BCUT2D eigenvalue weighted by Crippen LogP contribution is -2.10. The fourth-order valence-corrected chi connectivity index (χ4v) is 1.34. The first-order chi connectivity index (χ1) is 6.43. The van der Waals surface area contributed by atoms with Crippen molar-refractivity contribution in [3.05, 3.63) is 28.0 Å². The van der Waals surface area contributed by atoms with Crippen LogP contribution >= 0.6 is 15.9 Å². The van der Waals surface area contributed by atoms with Crippen molar-refractivity contribution >= 4 is 21.9 Å². The van der Waals surface area contributed by atoms with Crippen LogP contribution in [0.15, 0.2) is 16.6 Å². The molecular weight excluding hydrogens is 259 g/mol. The van der Waals surface area contributed by atoms with Crippen LogP contribution in [0, 0.1) is 5.82 Å². The monoisotopic (exact) mass is 264 g/mol. The summed E-state index contributed by atoms with van der Waals surface area (Å²) in [7, 11) is 0. The first-order valence-electron chi connectivity index (χ1n) is 3.52. The van der Waals surface area contributed by atoms with E-state index in [-0.39, 0.29) is 10.0 Å². The number of halogens is 2. The van der Waals surface area contributed by atoms with Crippen LogP contribution < -0.4 is 0 Å². The first-order valence-corrected chi connectivity index (χ1v) is 4.31. The average molecular weight is 265 g/mol. The summed E-state index contributed by atoms with van der Waals surface area (Å²) in [5.41, 5.74) is -0.139. The number of carboxylic acids is 1. The maximum atomic E-state index is 12.9. The van der Waals surface area contributed by atoms with Gasteiger partial charge in [-0.15, -0.1) is 0 Å². The molecule has 6 heteroatoms. The molecule has 76 valence electrons. The fraction of sp³-hybridized carbons (Fsp3) is 0.125.